The topological polar surface area (TPSA) is 87.1 Å². The molecule has 2 atom stereocenters. The van der Waals surface area contributed by atoms with Crippen LogP contribution in [0.15, 0.2) is 11.1 Å². The van der Waals surface area contributed by atoms with E-state index in [1.54, 1.807) is 0 Å². The van der Waals surface area contributed by atoms with Crippen LogP contribution in [0.3, 0.4) is 0 Å². The number of esters is 1. The van der Waals surface area contributed by atoms with Crippen LogP contribution in [0.1, 0.15) is 53.9 Å². The molecule has 0 amide bonds. The molecule has 1 unspecified atom stereocenters. The van der Waals surface area contributed by atoms with Crippen LogP contribution in [0.5, 0.6) is 0 Å². The van der Waals surface area contributed by atoms with Gasteiger partial charge in [-0.15, -0.1) is 0 Å². The Morgan fingerprint density at radius 3 is 2.32 bits per heavy atom. The summed E-state index contributed by atoms with van der Waals surface area (Å²) >= 11 is 0. The highest BCUT2D eigenvalue weighted by Crippen LogP contribution is 2.59. The fourth-order valence-corrected chi connectivity index (χ4v) is 4.83. The highest BCUT2D eigenvalue weighted by atomic mass is 16.5. The Hall–Kier alpha value is -1.24. The number of aliphatic hydroxyl groups excluding tert-OH is 2. The Morgan fingerprint density at radius 1 is 1.18 bits per heavy atom. The fraction of sp³-hybridized carbons (Fsp3) is 0.818. The maximum Gasteiger partial charge on any atom is 0.316 e. The zero-order valence-corrected chi connectivity index (χ0v) is 18.1. The van der Waals surface area contributed by atoms with Gasteiger partial charge in [-0.25, -0.2) is 0 Å². The highest BCUT2D eigenvalue weighted by Gasteiger charge is 2.58. The molecule has 2 N–H and O–H groups in total. The van der Waals surface area contributed by atoms with Crippen molar-refractivity contribution in [3.05, 3.63) is 11.1 Å². The van der Waals surface area contributed by atoms with Gasteiger partial charge in [0.2, 0.25) is 0 Å². The van der Waals surface area contributed by atoms with Crippen molar-refractivity contribution in [2.24, 2.45) is 22.7 Å². The molecule has 0 spiro atoms. The minimum Gasteiger partial charge on any atom is -0.464 e. The number of aliphatic hydroxyl groups is 2. The third-order valence-corrected chi connectivity index (χ3v) is 6.81. The van der Waals surface area contributed by atoms with Gasteiger partial charge in [0.15, 0.2) is 5.78 Å². The molecule has 0 heterocycles. The lowest BCUT2D eigenvalue weighted by Crippen LogP contribution is -2.44. The Kier molecular flexibility index (Phi) is 7.45. The average molecular weight is 396 g/mol. The van der Waals surface area contributed by atoms with Gasteiger partial charge in [-0.2, -0.15) is 0 Å². The molecule has 160 valence electrons. The first-order valence-corrected chi connectivity index (χ1v) is 10.5. The van der Waals surface area contributed by atoms with E-state index in [1.807, 2.05) is 18.7 Å². The Labute approximate surface area is 168 Å². The predicted molar refractivity (Wildman–Crippen MR) is 108 cm³/mol. The summed E-state index contributed by atoms with van der Waals surface area (Å²) in [7, 11) is 0. The summed E-state index contributed by atoms with van der Waals surface area (Å²) in [6.07, 6.45) is 1.76. The molecule has 0 bridgehead atoms. The number of nitrogens with zero attached hydrogens (tertiary/aromatic N) is 1. The lowest BCUT2D eigenvalue weighted by molar-refractivity contribution is -0.157. The first-order valence-electron chi connectivity index (χ1n) is 10.5. The number of hydrogen-bond acceptors (Lipinski definition) is 6. The van der Waals surface area contributed by atoms with Crippen molar-refractivity contribution < 1.29 is 24.5 Å². The second kappa shape index (κ2) is 9.06. The average Bonchev–Trinajstić information content (AvgIpc) is 2.93. The predicted octanol–water partition coefficient (Wildman–Crippen LogP) is 2.18. The van der Waals surface area contributed by atoms with Crippen LogP contribution in [0, 0.1) is 22.7 Å². The van der Waals surface area contributed by atoms with Crippen LogP contribution in [0.25, 0.3) is 0 Å². The number of carbonyl (C=O) groups is 2. The van der Waals surface area contributed by atoms with E-state index in [-0.39, 0.29) is 55.2 Å². The molecule has 28 heavy (non-hydrogen) atoms. The van der Waals surface area contributed by atoms with Crippen molar-refractivity contribution in [3.8, 4) is 0 Å². The number of ketones is 1. The van der Waals surface area contributed by atoms with Gasteiger partial charge in [0, 0.05) is 26.1 Å². The zero-order valence-electron chi connectivity index (χ0n) is 18.1. The summed E-state index contributed by atoms with van der Waals surface area (Å²) in [6.45, 7) is 12.1. The van der Waals surface area contributed by atoms with E-state index in [0.717, 1.165) is 17.6 Å². The van der Waals surface area contributed by atoms with Gasteiger partial charge in [0.25, 0.3) is 0 Å². The minimum atomic E-state index is -0.815. The third kappa shape index (κ3) is 4.34. The molecule has 0 radical (unpaired) electrons. The summed E-state index contributed by atoms with van der Waals surface area (Å²) < 4.78 is 5.67. The van der Waals surface area contributed by atoms with Crippen LogP contribution in [0.2, 0.25) is 0 Å². The van der Waals surface area contributed by atoms with Crippen molar-refractivity contribution in [1.29, 1.82) is 0 Å². The van der Waals surface area contributed by atoms with Gasteiger partial charge in [-0.05, 0) is 41.2 Å². The molecule has 6 heteroatoms. The quantitative estimate of drug-likeness (QED) is 0.582. The monoisotopic (exact) mass is 395 g/mol. The largest absolute Gasteiger partial charge is 0.464 e. The lowest BCUT2D eigenvalue weighted by Gasteiger charge is -2.46. The number of carbonyl (C=O) groups excluding carboxylic acids is 2. The Bertz CT molecular complexity index is 618. The van der Waals surface area contributed by atoms with Crippen LogP contribution in [-0.4, -0.2) is 66.3 Å². The first kappa shape index (κ1) is 23.0. The van der Waals surface area contributed by atoms with Crippen LogP contribution in [-0.2, 0) is 14.3 Å². The molecule has 0 aromatic heterocycles. The number of fused-ring (bicyclic) bond motifs is 1. The molecule has 1 fully saturated rings. The Balaban J connectivity index is 2.22. The molecule has 1 saturated carbocycles. The van der Waals surface area contributed by atoms with E-state index in [1.165, 1.54) is 0 Å². The van der Waals surface area contributed by atoms with Gasteiger partial charge in [-0.3, -0.25) is 14.5 Å². The maximum absolute atomic E-state index is 13.2. The van der Waals surface area contributed by atoms with Gasteiger partial charge in [-0.1, -0.05) is 34.6 Å². The molecule has 2 aliphatic rings. The van der Waals surface area contributed by atoms with E-state index >= 15 is 0 Å². The second-order valence-electron chi connectivity index (χ2n) is 9.30. The van der Waals surface area contributed by atoms with E-state index < -0.39 is 5.41 Å². The van der Waals surface area contributed by atoms with Crippen LogP contribution in [0.4, 0.5) is 0 Å². The van der Waals surface area contributed by atoms with Crippen molar-refractivity contribution in [1.82, 2.24) is 4.90 Å². The zero-order chi connectivity index (χ0) is 21.1. The number of ether oxygens (including phenoxy) is 1. The summed E-state index contributed by atoms with van der Waals surface area (Å²) in [6, 6.07) is 0. The van der Waals surface area contributed by atoms with Gasteiger partial charge in [0.1, 0.15) is 6.61 Å². The first-order chi connectivity index (χ1) is 13.1. The van der Waals surface area contributed by atoms with Gasteiger partial charge >= 0.3 is 5.97 Å². The molecule has 0 aromatic rings. The van der Waals surface area contributed by atoms with Gasteiger partial charge in [0.05, 0.1) is 18.6 Å². The third-order valence-electron chi connectivity index (χ3n) is 6.81. The van der Waals surface area contributed by atoms with Gasteiger partial charge < -0.3 is 14.9 Å². The standard InChI is InChI=1S/C22H37NO5/c1-15(2)18-17(26)14-22(7-6-21(4,5)16(3)19(18)22)20(27)28-13-10-23(8-11-24)9-12-25/h15-16,24-25H,6-14H2,1-5H3/t16?,22-/m1/s1. The van der Waals surface area contributed by atoms with E-state index in [9.17, 15) is 9.59 Å². The molecular formula is C22H37NO5. The molecule has 2 rings (SSSR count). The SMILES string of the molecule is CC(C)C1=C2C(C)C(C)(C)CC[C@@]2(C(=O)OCCN(CCO)CCO)CC1=O. The second-order valence-corrected chi connectivity index (χ2v) is 9.30. The van der Waals surface area contributed by atoms with Crippen LogP contribution >= 0.6 is 0 Å². The molecular weight excluding hydrogens is 358 g/mol. The van der Waals surface area contributed by atoms with Crippen LogP contribution < -0.4 is 0 Å². The number of hydrogen-bond donors (Lipinski definition) is 2. The Morgan fingerprint density at radius 2 is 1.79 bits per heavy atom. The molecule has 2 aliphatic carbocycles. The number of rotatable bonds is 9. The minimum absolute atomic E-state index is 0.0103. The van der Waals surface area contributed by atoms with Crippen molar-refractivity contribution in [2.75, 3.05) is 39.5 Å². The van der Waals surface area contributed by atoms with E-state index in [4.69, 9.17) is 14.9 Å². The summed E-state index contributed by atoms with van der Waals surface area (Å²) in [5, 5.41) is 18.2. The molecule has 0 saturated heterocycles. The molecule has 6 nitrogen and oxygen atoms in total. The molecule has 0 aromatic carbocycles. The fourth-order valence-electron chi connectivity index (χ4n) is 4.83. The molecule has 0 aliphatic heterocycles. The summed E-state index contributed by atoms with van der Waals surface area (Å²) in [4.78, 5) is 28.0. The maximum atomic E-state index is 13.2. The summed E-state index contributed by atoms with van der Waals surface area (Å²) in [5.41, 5.74) is 1.07. The van der Waals surface area contributed by atoms with E-state index in [2.05, 4.69) is 20.8 Å². The van der Waals surface area contributed by atoms with Crippen molar-refractivity contribution in [2.45, 2.75) is 53.9 Å². The van der Waals surface area contributed by atoms with E-state index in [0.29, 0.717) is 26.1 Å². The highest BCUT2D eigenvalue weighted by molar-refractivity contribution is 6.05. The van der Waals surface area contributed by atoms with Crippen molar-refractivity contribution >= 4 is 11.8 Å². The number of allylic oxidation sites excluding steroid dienone is 1. The van der Waals surface area contributed by atoms with Crippen molar-refractivity contribution in [3.63, 3.8) is 0 Å². The summed E-state index contributed by atoms with van der Waals surface area (Å²) in [5.74, 6) is 0.0477. The smallest absolute Gasteiger partial charge is 0.316 e. The normalized spacial score (nSPS) is 26.9. The lowest BCUT2D eigenvalue weighted by atomic mass is 9.57. The number of Topliss-reactive ketones (excluding diaryl/α,β-unsaturated/α-hetero) is 1.